The van der Waals surface area contributed by atoms with Crippen LogP contribution < -0.4 is 34.9 Å². The van der Waals surface area contributed by atoms with Crippen molar-refractivity contribution in [2.75, 3.05) is 6.79 Å². The normalized spacial score (nSPS) is 15.9. The Kier molecular flexibility index (Phi) is 4.74. The van der Waals surface area contributed by atoms with Gasteiger partial charge < -0.3 is 18.9 Å². The summed E-state index contributed by atoms with van der Waals surface area (Å²) in [6.45, 7) is 2.11. The second-order valence-corrected chi connectivity index (χ2v) is 9.82. The van der Waals surface area contributed by atoms with Crippen LogP contribution in [0.2, 0.25) is 0 Å². The van der Waals surface area contributed by atoms with Crippen molar-refractivity contribution in [3.05, 3.63) is 91.0 Å². The van der Waals surface area contributed by atoms with Gasteiger partial charge in [-0.1, -0.05) is 72.8 Å². The molecule has 4 nitrogen and oxygen atoms in total. The maximum Gasteiger partial charge on any atom is 0.238 e. The smallest absolute Gasteiger partial charge is 0.238 e. The molecule has 0 fully saturated rings. The summed E-state index contributed by atoms with van der Waals surface area (Å²) < 4.78 is 23.7. The van der Waals surface area contributed by atoms with Crippen molar-refractivity contribution in [1.82, 2.24) is 0 Å². The second kappa shape index (κ2) is 7.89. The molecule has 0 N–H and O–H groups in total. The average molecular weight is 440 g/mol. The first kappa shape index (κ1) is 19.2. The van der Waals surface area contributed by atoms with Crippen molar-refractivity contribution in [3.8, 4) is 34.1 Å². The maximum atomic E-state index is 6.09. The predicted molar refractivity (Wildman–Crippen MR) is 127 cm³/mol. The fourth-order valence-electron chi connectivity index (χ4n) is 4.29. The van der Waals surface area contributed by atoms with Crippen LogP contribution in [0.3, 0.4) is 0 Å². The molecule has 0 amide bonds. The van der Waals surface area contributed by atoms with Gasteiger partial charge in [-0.25, -0.2) is 0 Å². The second-order valence-electron chi connectivity index (χ2n) is 7.64. The van der Waals surface area contributed by atoms with Crippen LogP contribution in [0.15, 0.2) is 91.0 Å². The quantitative estimate of drug-likeness (QED) is 0.421. The van der Waals surface area contributed by atoms with Crippen molar-refractivity contribution in [2.45, 2.75) is 13.2 Å². The number of rotatable bonds is 4. The van der Waals surface area contributed by atoms with Crippen molar-refractivity contribution < 1.29 is 18.9 Å². The number of hydrogen-bond donors (Lipinski definition) is 0. The van der Waals surface area contributed by atoms with Crippen LogP contribution in [0, 0.1) is 0 Å². The summed E-state index contributed by atoms with van der Waals surface area (Å²) in [7, 11) is -0.847. The number of benzene rings is 4. The highest BCUT2D eigenvalue weighted by Crippen LogP contribution is 2.51. The fourth-order valence-corrected chi connectivity index (χ4v) is 6.75. The summed E-state index contributed by atoms with van der Waals surface area (Å²) in [6, 6.07) is 31.5. The highest BCUT2D eigenvalue weighted by atomic mass is 31.1. The molecular weight excluding hydrogens is 419 g/mol. The van der Waals surface area contributed by atoms with Crippen LogP contribution in [0.5, 0.6) is 23.0 Å². The van der Waals surface area contributed by atoms with Crippen molar-refractivity contribution in [3.63, 3.8) is 0 Å². The molecule has 2 aliphatic heterocycles. The van der Waals surface area contributed by atoms with Gasteiger partial charge in [-0.2, -0.15) is 0 Å². The molecule has 0 spiro atoms. The monoisotopic (exact) mass is 440 g/mol. The summed E-state index contributed by atoms with van der Waals surface area (Å²) in [4.78, 5) is 0. The van der Waals surface area contributed by atoms with Gasteiger partial charge in [0.1, 0.15) is 0 Å². The third-order valence-electron chi connectivity index (χ3n) is 5.61. The zero-order valence-corrected chi connectivity index (χ0v) is 18.4. The highest BCUT2D eigenvalue weighted by molar-refractivity contribution is 7.80. The van der Waals surface area contributed by atoms with Crippen LogP contribution in [-0.4, -0.2) is 13.1 Å². The molecule has 0 aromatic heterocycles. The van der Waals surface area contributed by atoms with Gasteiger partial charge in [-0.05, 0) is 42.0 Å². The Hall–Kier alpha value is -3.49. The van der Waals surface area contributed by atoms with Gasteiger partial charge in [-0.15, -0.1) is 0 Å². The number of fused-ring (bicyclic) bond motifs is 2. The Morgan fingerprint density at radius 1 is 0.656 bits per heavy atom. The summed E-state index contributed by atoms with van der Waals surface area (Å²) in [5.74, 6) is 3.02. The Morgan fingerprint density at radius 2 is 1.38 bits per heavy atom. The predicted octanol–water partition coefficient (Wildman–Crippen LogP) is 4.96. The van der Waals surface area contributed by atoms with Gasteiger partial charge in [0.15, 0.2) is 23.0 Å². The van der Waals surface area contributed by atoms with Crippen LogP contribution in [0.4, 0.5) is 0 Å². The minimum absolute atomic E-state index is 0.211. The standard InChI is InChI=1S/C27H21O4P/c1-18-30-23-14-8-13-21(26(23)31-18)25-24(16-15-22-27(25)29-17-28-22)32(19-9-4-2-5-10-19)20-11-6-3-7-12-20/h2-16,18H,17H2,1H3/t18-/m1/s1. The lowest BCUT2D eigenvalue weighted by atomic mass is 10.0. The fraction of sp³-hybridized carbons (Fsp3) is 0.111. The van der Waals surface area contributed by atoms with Crippen molar-refractivity contribution in [1.29, 1.82) is 0 Å². The van der Waals surface area contributed by atoms with Crippen LogP contribution in [0.25, 0.3) is 11.1 Å². The first-order valence-corrected chi connectivity index (χ1v) is 11.9. The maximum absolute atomic E-state index is 6.09. The zero-order valence-electron chi connectivity index (χ0n) is 17.5. The Morgan fingerprint density at radius 3 is 2.09 bits per heavy atom. The Bertz CT molecular complexity index is 1230. The first-order chi connectivity index (χ1) is 15.8. The van der Waals surface area contributed by atoms with Crippen molar-refractivity contribution >= 4 is 23.8 Å². The molecule has 2 heterocycles. The van der Waals surface area contributed by atoms with Gasteiger partial charge in [0.05, 0.1) is 0 Å². The van der Waals surface area contributed by atoms with Gasteiger partial charge >= 0.3 is 0 Å². The van der Waals surface area contributed by atoms with E-state index in [1.54, 1.807) is 0 Å². The van der Waals surface area contributed by atoms with Gasteiger partial charge in [0.25, 0.3) is 0 Å². The van der Waals surface area contributed by atoms with E-state index in [2.05, 4.69) is 72.8 Å². The molecule has 0 saturated heterocycles. The molecule has 4 aromatic carbocycles. The van der Waals surface area contributed by atoms with E-state index in [-0.39, 0.29) is 13.1 Å². The van der Waals surface area contributed by atoms with Crippen molar-refractivity contribution in [2.24, 2.45) is 0 Å². The van der Waals surface area contributed by atoms with E-state index in [1.165, 1.54) is 15.9 Å². The number of para-hydroxylation sites is 1. The Labute approximate surface area is 188 Å². The van der Waals surface area contributed by atoms with Gasteiger partial charge in [-0.3, -0.25) is 0 Å². The third-order valence-corrected chi connectivity index (χ3v) is 8.10. The minimum Gasteiger partial charge on any atom is -0.454 e. The lowest BCUT2D eigenvalue weighted by Crippen LogP contribution is -2.22. The highest BCUT2D eigenvalue weighted by Gasteiger charge is 2.32. The average Bonchev–Trinajstić information content (AvgIpc) is 3.46. The lowest BCUT2D eigenvalue weighted by molar-refractivity contribution is 0.0681. The molecule has 0 aliphatic carbocycles. The first-order valence-electron chi connectivity index (χ1n) is 10.6. The van der Waals surface area contributed by atoms with E-state index in [0.29, 0.717) is 0 Å². The SMILES string of the molecule is C[C@@H]1Oc2cccc(-c3c(P(c4ccccc4)c4ccccc4)ccc4c3OCO4)c2O1. The topological polar surface area (TPSA) is 36.9 Å². The zero-order chi connectivity index (χ0) is 21.5. The molecule has 32 heavy (non-hydrogen) atoms. The van der Waals surface area contributed by atoms with E-state index in [0.717, 1.165) is 34.1 Å². The molecule has 5 heteroatoms. The summed E-state index contributed by atoms with van der Waals surface area (Å²) in [6.07, 6.45) is -0.326. The molecule has 1 atom stereocenters. The summed E-state index contributed by atoms with van der Waals surface area (Å²) >= 11 is 0. The van der Waals surface area contributed by atoms with Crippen LogP contribution in [0.1, 0.15) is 6.92 Å². The molecule has 4 aromatic rings. The van der Waals surface area contributed by atoms with E-state index in [9.17, 15) is 0 Å². The van der Waals surface area contributed by atoms with E-state index in [4.69, 9.17) is 18.9 Å². The summed E-state index contributed by atoms with van der Waals surface area (Å²) in [5.41, 5.74) is 1.97. The van der Waals surface area contributed by atoms with E-state index < -0.39 is 7.92 Å². The molecule has 158 valence electrons. The molecule has 0 saturated carbocycles. The van der Waals surface area contributed by atoms with Crippen LogP contribution >= 0.6 is 7.92 Å². The van der Waals surface area contributed by atoms with Crippen LogP contribution in [-0.2, 0) is 0 Å². The number of ether oxygens (including phenoxy) is 4. The molecule has 0 radical (unpaired) electrons. The van der Waals surface area contributed by atoms with Gasteiger partial charge in [0, 0.05) is 18.1 Å². The molecule has 0 unspecified atom stereocenters. The molecular formula is C27H21O4P. The lowest BCUT2D eigenvalue weighted by Gasteiger charge is -2.23. The molecule has 6 rings (SSSR count). The van der Waals surface area contributed by atoms with E-state index >= 15 is 0 Å². The molecule has 0 bridgehead atoms. The third kappa shape index (κ3) is 3.19. The number of hydrogen-bond acceptors (Lipinski definition) is 4. The molecule has 2 aliphatic rings. The Balaban J connectivity index is 1.64. The van der Waals surface area contributed by atoms with E-state index in [1.807, 2.05) is 25.1 Å². The summed E-state index contributed by atoms with van der Waals surface area (Å²) in [5, 5.41) is 3.73. The minimum atomic E-state index is -0.847. The van der Waals surface area contributed by atoms with Gasteiger partial charge in [0.2, 0.25) is 13.1 Å². The largest absolute Gasteiger partial charge is 0.454 e.